The molecule has 0 heterocycles. The lowest BCUT2D eigenvalue weighted by molar-refractivity contribution is 0.414. The van der Waals surface area contributed by atoms with Crippen LogP contribution in [0.15, 0.2) is 24.3 Å². The Balaban J connectivity index is 0.00000169. The first-order valence-corrected chi connectivity index (χ1v) is 5.36. The molecule has 0 amide bonds. The maximum absolute atomic E-state index is 10.7. The van der Waals surface area contributed by atoms with E-state index in [4.69, 9.17) is 9.88 Å². The highest BCUT2D eigenvalue weighted by Gasteiger charge is 2.04. The van der Waals surface area contributed by atoms with Gasteiger partial charge in [0.1, 0.15) is 5.75 Å². The minimum Gasteiger partial charge on any atom is -0.497 e. The van der Waals surface area contributed by atoms with E-state index in [-0.39, 0.29) is 18.2 Å². The Bertz CT molecular complexity index is 391. The van der Waals surface area contributed by atoms with Gasteiger partial charge in [0.05, 0.1) is 12.9 Å². The maximum atomic E-state index is 10.7. The van der Waals surface area contributed by atoms with Crippen LogP contribution in [0.2, 0.25) is 0 Å². The normalized spacial score (nSPS) is 10.4. The minimum atomic E-state index is -3.46. The summed E-state index contributed by atoms with van der Waals surface area (Å²) in [5.74, 6) is 0.464. The highest BCUT2D eigenvalue weighted by Crippen LogP contribution is 2.13. The summed E-state index contributed by atoms with van der Waals surface area (Å²) in [6, 6.07) is 6.79. The van der Waals surface area contributed by atoms with E-state index in [0.717, 1.165) is 0 Å². The summed E-state index contributed by atoms with van der Waals surface area (Å²) in [6.07, 6.45) is 0. The van der Waals surface area contributed by atoms with Gasteiger partial charge in [0.2, 0.25) is 10.0 Å². The highest BCUT2D eigenvalue weighted by atomic mass is 35.5. The van der Waals surface area contributed by atoms with Gasteiger partial charge in [-0.05, 0) is 17.7 Å². The van der Waals surface area contributed by atoms with Crippen LogP contribution in [0.4, 0.5) is 0 Å². The van der Waals surface area contributed by atoms with E-state index in [9.17, 15) is 8.42 Å². The second-order valence-electron chi connectivity index (χ2n) is 2.66. The fourth-order valence-electron chi connectivity index (χ4n) is 0.995. The van der Waals surface area contributed by atoms with E-state index in [2.05, 4.69) is 0 Å². The Morgan fingerprint density at radius 1 is 1.43 bits per heavy atom. The van der Waals surface area contributed by atoms with E-state index in [1.807, 2.05) is 0 Å². The van der Waals surface area contributed by atoms with Crippen LogP contribution in [0.5, 0.6) is 5.75 Å². The van der Waals surface area contributed by atoms with Crippen LogP contribution in [-0.2, 0) is 15.8 Å². The average molecular weight is 238 g/mol. The molecule has 0 spiro atoms. The van der Waals surface area contributed by atoms with Gasteiger partial charge in [-0.15, -0.1) is 12.4 Å². The highest BCUT2D eigenvalue weighted by molar-refractivity contribution is 7.88. The molecule has 0 aliphatic heterocycles. The van der Waals surface area contributed by atoms with E-state index < -0.39 is 10.0 Å². The maximum Gasteiger partial charge on any atom is 0.213 e. The van der Waals surface area contributed by atoms with Crippen LogP contribution in [0, 0.1) is 0 Å². The molecule has 0 aromatic heterocycles. The third kappa shape index (κ3) is 4.45. The van der Waals surface area contributed by atoms with Gasteiger partial charge >= 0.3 is 0 Å². The van der Waals surface area contributed by atoms with Crippen molar-refractivity contribution in [2.45, 2.75) is 5.75 Å². The molecular formula is C8H12ClNO3S. The van der Waals surface area contributed by atoms with Crippen molar-refractivity contribution < 1.29 is 13.2 Å². The van der Waals surface area contributed by atoms with E-state index in [1.54, 1.807) is 24.3 Å². The number of halogens is 1. The van der Waals surface area contributed by atoms with Crippen molar-refractivity contribution in [3.05, 3.63) is 29.8 Å². The molecular weight excluding hydrogens is 226 g/mol. The molecule has 14 heavy (non-hydrogen) atoms. The number of benzene rings is 1. The van der Waals surface area contributed by atoms with Gasteiger partial charge in [-0.1, -0.05) is 12.1 Å². The first-order chi connectivity index (χ1) is 6.01. The summed E-state index contributed by atoms with van der Waals surface area (Å²) < 4.78 is 26.4. The molecule has 0 saturated carbocycles. The molecule has 0 unspecified atom stereocenters. The third-order valence-corrected chi connectivity index (χ3v) is 2.24. The molecule has 6 heteroatoms. The molecule has 1 aromatic rings. The van der Waals surface area contributed by atoms with Gasteiger partial charge in [-0.25, -0.2) is 13.6 Å². The summed E-state index contributed by atoms with van der Waals surface area (Å²) in [5.41, 5.74) is 0.627. The Kier molecular flexibility index (Phi) is 4.90. The largest absolute Gasteiger partial charge is 0.497 e. The second kappa shape index (κ2) is 5.19. The van der Waals surface area contributed by atoms with Crippen LogP contribution in [0.25, 0.3) is 0 Å². The Morgan fingerprint density at radius 3 is 2.57 bits per heavy atom. The van der Waals surface area contributed by atoms with Crippen LogP contribution in [0.1, 0.15) is 5.56 Å². The van der Waals surface area contributed by atoms with Crippen molar-refractivity contribution in [1.29, 1.82) is 0 Å². The Labute approximate surface area is 89.5 Å². The lowest BCUT2D eigenvalue weighted by Crippen LogP contribution is -2.14. The lowest BCUT2D eigenvalue weighted by atomic mass is 10.2. The van der Waals surface area contributed by atoms with Crippen LogP contribution < -0.4 is 9.88 Å². The van der Waals surface area contributed by atoms with Crippen molar-refractivity contribution in [2.24, 2.45) is 5.14 Å². The number of ether oxygens (including phenoxy) is 1. The number of hydrogen-bond acceptors (Lipinski definition) is 3. The number of nitrogens with two attached hydrogens (primary N) is 1. The van der Waals surface area contributed by atoms with E-state index in [0.29, 0.717) is 11.3 Å². The molecule has 0 aliphatic rings. The molecule has 2 N–H and O–H groups in total. The molecule has 0 bridgehead atoms. The first-order valence-electron chi connectivity index (χ1n) is 3.65. The van der Waals surface area contributed by atoms with Crippen LogP contribution in [0.3, 0.4) is 0 Å². The van der Waals surface area contributed by atoms with Gasteiger partial charge in [0.25, 0.3) is 0 Å². The topological polar surface area (TPSA) is 69.4 Å². The van der Waals surface area contributed by atoms with Crippen molar-refractivity contribution in [1.82, 2.24) is 0 Å². The zero-order valence-electron chi connectivity index (χ0n) is 7.64. The monoisotopic (exact) mass is 237 g/mol. The quantitative estimate of drug-likeness (QED) is 0.850. The van der Waals surface area contributed by atoms with Crippen molar-refractivity contribution in [3.8, 4) is 5.75 Å². The molecule has 0 radical (unpaired) electrons. The zero-order chi connectivity index (χ0) is 9.90. The summed E-state index contributed by atoms with van der Waals surface area (Å²) >= 11 is 0. The summed E-state index contributed by atoms with van der Waals surface area (Å²) in [4.78, 5) is 0. The fraction of sp³-hybridized carbons (Fsp3) is 0.250. The Hall–Kier alpha value is -0.780. The van der Waals surface area contributed by atoms with Gasteiger partial charge in [0, 0.05) is 0 Å². The average Bonchev–Trinajstić information content (AvgIpc) is 2.01. The third-order valence-electron chi connectivity index (χ3n) is 1.50. The SMILES string of the molecule is COc1cccc(CS(N)(=O)=O)c1.Cl. The zero-order valence-corrected chi connectivity index (χ0v) is 9.27. The number of rotatable bonds is 3. The van der Waals surface area contributed by atoms with E-state index in [1.165, 1.54) is 7.11 Å². The first kappa shape index (κ1) is 13.2. The van der Waals surface area contributed by atoms with Crippen LogP contribution in [-0.4, -0.2) is 15.5 Å². The van der Waals surface area contributed by atoms with Crippen molar-refractivity contribution in [3.63, 3.8) is 0 Å². The van der Waals surface area contributed by atoms with Gasteiger partial charge in [-0.2, -0.15) is 0 Å². The molecule has 1 rings (SSSR count). The predicted molar refractivity (Wildman–Crippen MR) is 57.1 cm³/mol. The van der Waals surface area contributed by atoms with Crippen molar-refractivity contribution >= 4 is 22.4 Å². The number of primary sulfonamides is 1. The van der Waals surface area contributed by atoms with Crippen molar-refractivity contribution in [2.75, 3.05) is 7.11 Å². The molecule has 0 fully saturated rings. The smallest absolute Gasteiger partial charge is 0.213 e. The van der Waals surface area contributed by atoms with Gasteiger partial charge < -0.3 is 4.74 Å². The molecule has 0 atom stereocenters. The van der Waals surface area contributed by atoms with Crippen LogP contribution >= 0.6 is 12.4 Å². The molecule has 1 aromatic carbocycles. The predicted octanol–water partition coefficient (Wildman–Crippen LogP) is 0.905. The van der Waals surface area contributed by atoms with E-state index >= 15 is 0 Å². The number of sulfonamides is 1. The standard InChI is InChI=1S/C8H11NO3S.ClH/c1-12-8-4-2-3-7(5-8)6-13(9,10)11;/h2-5H,6H2,1H3,(H2,9,10,11);1H. The Morgan fingerprint density at radius 2 is 2.07 bits per heavy atom. The molecule has 0 saturated heterocycles. The second-order valence-corrected chi connectivity index (χ2v) is 4.27. The molecule has 4 nitrogen and oxygen atoms in total. The number of hydrogen-bond donors (Lipinski definition) is 1. The van der Waals surface area contributed by atoms with Gasteiger partial charge in [0.15, 0.2) is 0 Å². The summed E-state index contributed by atoms with van der Waals surface area (Å²) in [6.45, 7) is 0. The lowest BCUT2D eigenvalue weighted by Gasteiger charge is -2.02. The summed E-state index contributed by atoms with van der Waals surface area (Å²) in [5, 5.41) is 4.89. The number of methoxy groups -OCH3 is 1. The molecule has 80 valence electrons. The fourth-order valence-corrected chi connectivity index (χ4v) is 1.64. The van der Waals surface area contributed by atoms with Gasteiger partial charge in [-0.3, -0.25) is 0 Å². The summed E-state index contributed by atoms with van der Waals surface area (Å²) in [7, 11) is -1.93. The molecule has 0 aliphatic carbocycles. The minimum absolute atomic E-state index is 0.